The number of hydrogen-bond donors (Lipinski definition) is 1. The molecule has 1 saturated heterocycles. The van der Waals surface area contributed by atoms with Gasteiger partial charge in [0.15, 0.2) is 18.1 Å². The van der Waals surface area contributed by atoms with Gasteiger partial charge in [0.25, 0.3) is 5.91 Å². The molecule has 0 spiro atoms. The van der Waals surface area contributed by atoms with Crippen LogP contribution in [0.3, 0.4) is 0 Å². The molecule has 1 unspecified atom stereocenters. The Morgan fingerprint density at radius 3 is 2.44 bits per heavy atom. The van der Waals surface area contributed by atoms with E-state index >= 15 is 0 Å². The first-order chi connectivity index (χ1) is 13.3. The number of carbonyl (C=O) groups excluding carboxylic acids is 1. The van der Waals surface area contributed by atoms with Crippen LogP contribution in [0.25, 0.3) is 0 Å². The number of methoxy groups -OCH3 is 1. The largest absolute Gasteiger partial charge is 0.493 e. The molecule has 1 heterocycles. The Bertz CT molecular complexity index is 717. The minimum absolute atomic E-state index is 0.0627. The number of para-hydroxylation sites is 2. The number of nitrogens with zero attached hydrogens (tertiary/aromatic N) is 1. The average molecular weight is 370 g/mol. The molecule has 0 aromatic heterocycles. The van der Waals surface area contributed by atoms with Crippen molar-refractivity contribution < 1.29 is 19.0 Å². The van der Waals surface area contributed by atoms with Crippen LogP contribution >= 0.6 is 0 Å². The molecule has 6 nitrogen and oxygen atoms in total. The van der Waals surface area contributed by atoms with Gasteiger partial charge in [-0.3, -0.25) is 9.69 Å². The molecule has 0 saturated carbocycles. The topological polar surface area (TPSA) is 60.0 Å². The van der Waals surface area contributed by atoms with E-state index in [2.05, 4.69) is 10.2 Å². The van der Waals surface area contributed by atoms with Gasteiger partial charge in [-0.2, -0.15) is 0 Å². The molecule has 2 aromatic carbocycles. The molecule has 27 heavy (non-hydrogen) atoms. The van der Waals surface area contributed by atoms with Crippen LogP contribution < -0.4 is 14.8 Å². The van der Waals surface area contributed by atoms with Gasteiger partial charge in [-0.1, -0.05) is 42.5 Å². The summed E-state index contributed by atoms with van der Waals surface area (Å²) in [5.41, 5.74) is 1.08. The fraction of sp³-hybridized carbons (Fsp3) is 0.381. The summed E-state index contributed by atoms with van der Waals surface area (Å²) in [6.45, 7) is 3.88. The smallest absolute Gasteiger partial charge is 0.258 e. The van der Waals surface area contributed by atoms with Gasteiger partial charge in [-0.05, 0) is 17.7 Å². The summed E-state index contributed by atoms with van der Waals surface area (Å²) in [5, 5.41) is 3.10. The lowest BCUT2D eigenvalue weighted by atomic mass is 10.1. The Kier molecular flexibility index (Phi) is 7.07. The molecule has 144 valence electrons. The molecule has 3 rings (SSSR count). The zero-order valence-electron chi connectivity index (χ0n) is 15.6. The molecule has 2 aromatic rings. The molecule has 6 heteroatoms. The first kappa shape index (κ1) is 19.2. The second kappa shape index (κ2) is 9.94. The van der Waals surface area contributed by atoms with E-state index in [9.17, 15) is 4.79 Å². The maximum Gasteiger partial charge on any atom is 0.258 e. The van der Waals surface area contributed by atoms with Crippen molar-refractivity contribution in [2.45, 2.75) is 6.04 Å². The van der Waals surface area contributed by atoms with Crippen molar-refractivity contribution >= 4 is 5.91 Å². The third kappa shape index (κ3) is 5.70. The Morgan fingerprint density at radius 2 is 1.74 bits per heavy atom. The van der Waals surface area contributed by atoms with E-state index in [0.29, 0.717) is 11.5 Å². The maximum absolute atomic E-state index is 12.5. The summed E-state index contributed by atoms with van der Waals surface area (Å²) >= 11 is 0. The predicted molar refractivity (Wildman–Crippen MR) is 103 cm³/mol. The summed E-state index contributed by atoms with van der Waals surface area (Å²) in [6, 6.07) is 17.2. The van der Waals surface area contributed by atoms with Crippen molar-refractivity contribution in [2.24, 2.45) is 0 Å². The van der Waals surface area contributed by atoms with Gasteiger partial charge in [0.05, 0.1) is 26.4 Å². The fourth-order valence-corrected chi connectivity index (χ4v) is 3.08. The zero-order chi connectivity index (χ0) is 18.9. The van der Waals surface area contributed by atoms with E-state index in [4.69, 9.17) is 14.2 Å². The highest BCUT2D eigenvalue weighted by atomic mass is 16.5. The van der Waals surface area contributed by atoms with Crippen LogP contribution in [0.4, 0.5) is 0 Å². The second-order valence-electron chi connectivity index (χ2n) is 6.38. The summed E-state index contributed by atoms with van der Waals surface area (Å²) < 4.78 is 16.3. The maximum atomic E-state index is 12.5. The third-order valence-electron chi connectivity index (χ3n) is 4.51. The van der Waals surface area contributed by atoms with Crippen LogP contribution in [0.15, 0.2) is 54.6 Å². The second-order valence-corrected chi connectivity index (χ2v) is 6.38. The summed E-state index contributed by atoms with van der Waals surface area (Å²) in [5.74, 6) is 1.00. The van der Waals surface area contributed by atoms with Crippen molar-refractivity contribution in [1.82, 2.24) is 10.2 Å². The van der Waals surface area contributed by atoms with E-state index in [-0.39, 0.29) is 18.6 Å². The highest BCUT2D eigenvalue weighted by Crippen LogP contribution is 2.25. The molecule has 1 aliphatic rings. The Morgan fingerprint density at radius 1 is 1.07 bits per heavy atom. The van der Waals surface area contributed by atoms with Crippen molar-refractivity contribution in [3.05, 3.63) is 60.2 Å². The van der Waals surface area contributed by atoms with Gasteiger partial charge in [0, 0.05) is 19.6 Å². The van der Waals surface area contributed by atoms with E-state index in [0.717, 1.165) is 38.4 Å². The van der Waals surface area contributed by atoms with Gasteiger partial charge < -0.3 is 19.5 Å². The number of ether oxygens (including phenoxy) is 3. The molecule has 0 radical (unpaired) electrons. The minimum Gasteiger partial charge on any atom is -0.493 e. The highest BCUT2D eigenvalue weighted by molar-refractivity contribution is 5.78. The lowest BCUT2D eigenvalue weighted by Gasteiger charge is -2.31. The van der Waals surface area contributed by atoms with E-state index in [1.54, 1.807) is 19.2 Å². The normalized spacial score (nSPS) is 15.7. The molecule has 1 aliphatic heterocycles. The van der Waals surface area contributed by atoms with Crippen LogP contribution in [0.1, 0.15) is 11.6 Å². The number of carbonyl (C=O) groups is 1. The molecule has 1 amide bonds. The Hall–Kier alpha value is -2.57. The number of hydrogen-bond acceptors (Lipinski definition) is 5. The van der Waals surface area contributed by atoms with Crippen LogP contribution in [0, 0.1) is 0 Å². The zero-order valence-corrected chi connectivity index (χ0v) is 15.6. The standard InChI is InChI=1S/C21H26N2O4/c1-25-19-9-5-6-10-20(19)27-16-21(24)22-18(17-7-3-2-4-8-17)15-23-11-13-26-14-12-23/h2-10,18H,11-16H2,1H3,(H,22,24). The van der Waals surface area contributed by atoms with Gasteiger partial charge in [0.2, 0.25) is 0 Å². The average Bonchev–Trinajstić information content (AvgIpc) is 2.73. The van der Waals surface area contributed by atoms with E-state index in [1.165, 1.54) is 0 Å². The predicted octanol–water partition coefficient (Wildman–Crippen LogP) is 2.26. The van der Waals surface area contributed by atoms with E-state index < -0.39 is 0 Å². The summed E-state index contributed by atoms with van der Waals surface area (Å²) in [4.78, 5) is 14.8. The third-order valence-corrected chi connectivity index (χ3v) is 4.51. The first-order valence-electron chi connectivity index (χ1n) is 9.16. The van der Waals surface area contributed by atoms with Crippen molar-refractivity contribution in [2.75, 3.05) is 46.6 Å². The monoisotopic (exact) mass is 370 g/mol. The van der Waals surface area contributed by atoms with Crippen molar-refractivity contribution in [3.63, 3.8) is 0 Å². The van der Waals surface area contributed by atoms with Crippen molar-refractivity contribution in [3.8, 4) is 11.5 Å². The minimum atomic E-state index is -0.164. The number of morpholine rings is 1. The number of amides is 1. The Balaban J connectivity index is 1.61. The summed E-state index contributed by atoms with van der Waals surface area (Å²) in [6.07, 6.45) is 0. The van der Waals surface area contributed by atoms with Crippen LogP contribution in [0.5, 0.6) is 11.5 Å². The van der Waals surface area contributed by atoms with E-state index in [1.807, 2.05) is 42.5 Å². The molecular weight excluding hydrogens is 344 g/mol. The quantitative estimate of drug-likeness (QED) is 0.772. The lowest BCUT2D eigenvalue weighted by molar-refractivity contribution is -0.124. The molecule has 1 fully saturated rings. The van der Waals surface area contributed by atoms with Crippen LogP contribution in [-0.2, 0) is 9.53 Å². The summed E-state index contributed by atoms with van der Waals surface area (Å²) in [7, 11) is 1.58. The van der Waals surface area contributed by atoms with Crippen LogP contribution in [0.2, 0.25) is 0 Å². The van der Waals surface area contributed by atoms with Gasteiger partial charge in [-0.25, -0.2) is 0 Å². The van der Waals surface area contributed by atoms with Gasteiger partial charge >= 0.3 is 0 Å². The lowest BCUT2D eigenvalue weighted by Crippen LogP contribution is -2.44. The van der Waals surface area contributed by atoms with Crippen LogP contribution in [-0.4, -0.2) is 57.4 Å². The molecular formula is C21H26N2O4. The SMILES string of the molecule is COc1ccccc1OCC(=O)NC(CN1CCOCC1)c1ccccc1. The molecule has 0 aliphatic carbocycles. The molecule has 1 atom stereocenters. The van der Waals surface area contributed by atoms with Gasteiger partial charge in [0.1, 0.15) is 0 Å². The Labute approximate surface area is 160 Å². The highest BCUT2D eigenvalue weighted by Gasteiger charge is 2.20. The first-order valence-corrected chi connectivity index (χ1v) is 9.16. The number of nitrogens with one attached hydrogen (secondary N) is 1. The van der Waals surface area contributed by atoms with Crippen molar-refractivity contribution in [1.29, 1.82) is 0 Å². The number of benzene rings is 2. The molecule has 0 bridgehead atoms. The van der Waals surface area contributed by atoms with Gasteiger partial charge in [-0.15, -0.1) is 0 Å². The molecule has 1 N–H and O–H groups in total. The number of rotatable bonds is 8. The fourth-order valence-electron chi connectivity index (χ4n) is 3.08.